The van der Waals surface area contributed by atoms with Gasteiger partial charge in [-0.25, -0.2) is 15.0 Å². The standard InChI is InChI=1S/C17H16F3N5S/c1-11-9-26-15-14(11)22-10-23-16(15)25-6-4-24(5-7-25)13-3-2-12(8-21-13)17(18,19)20/h2-3,8-10H,4-7H2,1H3. The number of fused-ring (bicyclic) bond motifs is 1. The van der Waals surface area contributed by atoms with Gasteiger partial charge in [-0.05, 0) is 30.0 Å². The van der Waals surface area contributed by atoms with Crippen molar-refractivity contribution in [3.05, 3.63) is 41.2 Å². The summed E-state index contributed by atoms with van der Waals surface area (Å²) < 4.78 is 39.1. The number of anilines is 2. The van der Waals surface area contributed by atoms with Crippen molar-refractivity contribution in [2.45, 2.75) is 13.1 Å². The molecule has 0 radical (unpaired) electrons. The topological polar surface area (TPSA) is 45.2 Å². The molecular formula is C17H16F3N5S. The Morgan fingerprint density at radius 3 is 2.38 bits per heavy atom. The Labute approximate surface area is 152 Å². The Morgan fingerprint density at radius 2 is 1.73 bits per heavy atom. The minimum atomic E-state index is -4.36. The monoisotopic (exact) mass is 379 g/mol. The minimum absolute atomic E-state index is 0.567. The second kappa shape index (κ2) is 6.39. The zero-order chi connectivity index (χ0) is 18.3. The van der Waals surface area contributed by atoms with Crippen molar-refractivity contribution in [2.75, 3.05) is 36.0 Å². The normalized spacial score (nSPS) is 15.7. The van der Waals surface area contributed by atoms with Crippen LogP contribution in [0.3, 0.4) is 0 Å². The molecule has 0 bridgehead atoms. The van der Waals surface area contributed by atoms with E-state index in [4.69, 9.17) is 0 Å². The Morgan fingerprint density at radius 1 is 1.00 bits per heavy atom. The first-order valence-electron chi connectivity index (χ1n) is 8.15. The van der Waals surface area contributed by atoms with Crippen molar-refractivity contribution in [3.8, 4) is 0 Å². The number of hydrogen-bond donors (Lipinski definition) is 0. The minimum Gasteiger partial charge on any atom is -0.353 e. The van der Waals surface area contributed by atoms with Gasteiger partial charge < -0.3 is 9.80 Å². The molecule has 4 rings (SSSR count). The van der Waals surface area contributed by atoms with E-state index in [1.807, 2.05) is 11.8 Å². The average molecular weight is 379 g/mol. The van der Waals surface area contributed by atoms with Crippen LogP contribution in [-0.2, 0) is 6.18 Å². The Bertz CT molecular complexity index is 914. The highest BCUT2D eigenvalue weighted by Crippen LogP contribution is 2.32. The van der Waals surface area contributed by atoms with Crippen LogP contribution in [0.25, 0.3) is 10.2 Å². The molecule has 0 atom stereocenters. The zero-order valence-corrected chi connectivity index (χ0v) is 14.8. The molecule has 4 heterocycles. The number of hydrogen-bond acceptors (Lipinski definition) is 6. The fourth-order valence-electron chi connectivity index (χ4n) is 3.07. The number of halogens is 3. The summed E-state index contributed by atoms with van der Waals surface area (Å²) in [7, 11) is 0. The Kier molecular flexibility index (Phi) is 4.18. The molecule has 1 saturated heterocycles. The molecule has 0 spiro atoms. The Hall–Kier alpha value is -2.42. The summed E-state index contributed by atoms with van der Waals surface area (Å²) in [5.41, 5.74) is 1.39. The van der Waals surface area contributed by atoms with Gasteiger partial charge in [-0.2, -0.15) is 13.2 Å². The highest BCUT2D eigenvalue weighted by molar-refractivity contribution is 7.18. The second-order valence-corrected chi connectivity index (χ2v) is 7.05. The molecule has 3 aromatic rings. The molecule has 1 aliphatic rings. The van der Waals surface area contributed by atoms with Crippen molar-refractivity contribution < 1.29 is 13.2 Å². The molecule has 1 aliphatic heterocycles. The van der Waals surface area contributed by atoms with Gasteiger partial charge in [0.25, 0.3) is 0 Å². The summed E-state index contributed by atoms with van der Waals surface area (Å²) >= 11 is 1.64. The molecule has 0 amide bonds. The summed E-state index contributed by atoms with van der Waals surface area (Å²) in [5, 5.41) is 2.07. The van der Waals surface area contributed by atoms with Crippen LogP contribution in [0, 0.1) is 6.92 Å². The molecule has 3 aromatic heterocycles. The van der Waals surface area contributed by atoms with Crippen LogP contribution in [0.15, 0.2) is 30.0 Å². The molecular weight excluding hydrogens is 363 g/mol. The molecule has 0 unspecified atom stereocenters. The van der Waals surface area contributed by atoms with Gasteiger partial charge in [-0.15, -0.1) is 11.3 Å². The van der Waals surface area contributed by atoms with Gasteiger partial charge in [0.2, 0.25) is 0 Å². The van der Waals surface area contributed by atoms with Crippen LogP contribution in [0.4, 0.5) is 24.8 Å². The molecule has 1 fully saturated rings. The van der Waals surface area contributed by atoms with Crippen LogP contribution in [-0.4, -0.2) is 41.1 Å². The van der Waals surface area contributed by atoms with Crippen LogP contribution < -0.4 is 9.80 Å². The van der Waals surface area contributed by atoms with Crippen LogP contribution in [0.1, 0.15) is 11.1 Å². The predicted octanol–water partition coefficient (Wildman–Crippen LogP) is 3.74. The predicted molar refractivity (Wildman–Crippen MR) is 95.8 cm³/mol. The van der Waals surface area contributed by atoms with Crippen molar-refractivity contribution in [1.82, 2.24) is 15.0 Å². The van der Waals surface area contributed by atoms with Crippen LogP contribution >= 0.6 is 11.3 Å². The number of pyridine rings is 1. The smallest absolute Gasteiger partial charge is 0.353 e. The lowest BCUT2D eigenvalue weighted by atomic mass is 10.2. The lowest BCUT2D eigenvalue weighted by molar-refractivity contribution is -0.137. The number of alkyl halides is 3. The van der Waals surface area contributed by atoms with E-state index in [9.17, 15) is 13.2 Å². The Balaban J connectivity index is 1.49. The van der Waals surface area contributed by atoms with Crippen molar-refractivity contribution >= 4 is 33.2 Å². The van der Waals surface area contributed by atoms with E-state index in [0.717, 1.165) is 47.0 Å². The number of thiophene rings is 1. The van der Waals surface area contributed by atoms with Crippen molar-refractivity contribution in [3.63, 3.8) is 0 Å². The average Bonchev–Trinajstić information content (AvgIpc) is 3.03. The van der Waals surface area contributed by atoms with Gasteiger partial charge in [0.15, 0.2) is 0 Å². The summed E-state index contributed by atoms with van der Waals surface area (Å²) in [4.78, 5) is 17.0. The third kappa shape index (κ3) is 3.07. The van der Waals surface area contributed by atoms with Crippen LogP contribution in [0.5, 0.6) is 0 Å². The molecule has 5 nitrogen and oxygen atoms in total. The fourth-order valence-corrected chi connectivity index (χ4v) is 4.09. The number of piperazine rings is 1. The molecule has 0 N–H and O–H groups in total. The number of nitrogens with zero attached hydrogens (tertiary/aromatic N) is 5. The van der Waals surface area contributed by atoms with Gasteiger partial charge in [0.1, 0.15) is 18.0 Å². The molecule has 26 heavy (non-hydrogen) atoms. The van der Waals surface area contributed by atoms with E-state index >= 15 is 0 Å². The lowest BCUT2D eigenvalue weighted by Gasteiger charge is -2.36. The van der Waals surface area contributed by atoms with Crippen molar-refractivity contribution in [2.24, 2.45) is 0 Å². The summed E-state index contributed by atoms with van der Waals surface area (Å²) in [6, 6.07) is 2.51. The molecule has 9 heteroatoms. The maximum atomic E-state index is 12.7. The second-order valence-electron chi connectivity index (χ2n) is 6.17. The van der Waals surface area contributed by atoms with Gasteiger partial charge in [0, 0.05) is 32.4 Å². The van der Waals surface area contributed by atoms with Gasteiger partial charge in [-0.1, -0.05) is 0 Å². The summed E-state index contributed by atoms with van der Waals surface area (Å²) in [5.74, 6) is 1.49. The van der Waals surface area contributed by atoms with E-state index in [2.05, 4.69) is 25.2 Å². The van der Waals surface area contributed by atoms with Gasteiger partial charge in [0.05, 0.1) is 15.8 Å². The number of rotatable bonds is 2. The first kappa shape index (κ1) is 17.0. The maximum Gasteiger partial charge on any atom is 0.417 e. The van der Waals surface area contributed by atoms with E-state index in [0.29, 0.717) is 18.9 Å². The number of aryl methyl sites for hydroxylation is 1. The first-order chi connectivity index (χ1) is 12.4. The SMILES string of the molecule is Cc1csc2c(N3CCN(c4ccc(C(F)(F)F)cn4)CC3)ncnc12. The van der Waals surface area contributed by atoms with E-state index in [1.54, 1.807) is 17.7 Å². The van der Waals surface area contributed by atoms with E-state index < -0.39 is 11.7 Å². The van der Waals surface area contributed by atoms with E-state index in [1.165, 1.54) is 6.07 Å². The maximum absolute atomic E-state index is 12.7. The van der Waals surface area contributed by atoms with Crippen molar-refractivity contribution in [1.29, 1.82) is 0 Å². The zero-order valence-electron chi connectivity index (χ0n) is 14.0. The molecule has 136 valence electrons. The van der Waals surface area contributed by atoms with Gasteiger partial charge >= 0.3 is 6.18 Å². The number of aromatic nitrogens is 3. The fraction of sp³-hybridized carbons (Fsp3) is 0.353. The molecule has 0 saturated carbocycles. The highest BCUT2D eigenvalue weighted by Gasteiger charge is 2.31. The lowest BCUT2D eigenvalue weighted by Crippen LogP contribution is -2.47. The summed E-state index contributed by atoms with van der Waals surface area (Å²) in [6.45, 7) is 4.84. The third-order valence-electron chi connectivity index (χ3n) is 4.49. The third-order valence-corrected chi connectivity index (χ3v) is 5.57. The molecule has 0 aromatic carbocycles. The highest BCUT2D eigenvalue weighted by atomic mass is 32.1. The largest absolute Gasteiger partial charge is 0.417 e. The quantitative estimate of drug-likeness (QED) is 0.679. The first-order valence-corrected chi connectivity index (χ1v) is 9.03. The van der Waals surface area contributed by atoms with Gasteiger partial charge in [-0.3, -0.25) is 0 Å². The van der Waals surface area contributed by atoms with Crippen LogP contribution in [0.2, 0.25) is 0 Å². The van der Waals surface area contributed by atoms with E-state index in [-0.39, 0.29) is 0 Å². The molecule has 0 aliphatic carbocycles. The summed E-state index contributed by atoms with van der Waals surface area (Å²) in [6.07, 6.45) is -1.88.